The SMILES string of the molecule is COc1cccc(CN(C(=O)Cc2ccc(Cl)cc2)C(Cc2ccccc2)C(=O)NCC(C)C)c1. The van der Waals surface area contributed by atoms with Crippen molar-refractivity contribution in [2.75, 3.05) is 13.7 Å². The van der Waals surface area contributed by atoms with Crippen LogP contribution in [0.1, 0.15) is 30.5 Å². The summed E-state index contributed by atoms with van der Waals surface area (Å²) >= 11 is 6.03. The van der Waals surface area contributed by atoms with E-state index < -0.39 is 6.04 Å². The van der Waals surface area contributed by atoms with E-state index in [4.69, 9.17) is 16.3 Å². The van der Waals surface area contributed by atoms with Crippen molar-refractivity contribution < 1.29 is 14.3 Å². The number of nitrogens with one attached hydrogen (secondary N) is 1. The van der Waals surface area contributed by atoms with Gasteiger partial charge in [0.2, 0.25) is 11.8 Å². The zero-order valence-corrected chi connectivity index (χ0v) is 21.3. The van der Waals surface area contributed by atoms with Crippen molar-refractivity contribution in [2.45, 2.75) is 39.3 Å². The predicted octanol–water partition coefficient (Wildman–Crippen LogP) is 5.30. The number of rotatable bonds is 11. The van der Waals surface area contributed by atoms with E-state index in [-0.39, 0.29) is 24.8 Å². The molecule has 5 nitrogen and oxygen atoms in total. The van der Waals surface area contributed by atoms with Crippen LogP contribution in [0.4, 0.5) is 0 Å². The van der Waals surface area contributed by atoms with E-state index in [1.165, 1.54) is 0 Å². The summed E-state index contributed by atoms with van der Waals surface area (Å²) in [5.74, 6) is 0.718. The summed E-state index contributed by atoms with van der Waals surface area (Å²) in [5, 5.41) is 3.66. The number of hydrogen-bond acceptors (Lipinski definition) is 3. The van der Waals surface area contributed by atoms with E-state index in [0.717, 1.165) is 16.7 Å². The van der Waals surface area contributed by atoms with Gasteiger partial charge in [0.05, 0.1) is 13.5 Å². The lowest BCUT2D eigenvalue weighted by Gasteiger charge is -2.32. The highest BCUT2D eigenvalue weighted by molar-refractivity contribution is 6.30. The number of carbonyl (C=O) groups is 2. The molecule has 0 aliphatic heterocycles. The van der Waals surface area contributed by atoms with E-state index in [1.807, 2.05) is 80.6 Å². The van der Waals surface area contributed by atoms with Gasteiger partial charge in [-0.3, -0.25) is 9.59 Å². The number of hydrogen-bond donors (Lipinski definition) is 1. The molecule has 3 rings (SSSR count). The van der Waals surface area contributed by atoms with Crippen LogP contribution >= 0.6 is 11.6 Å². The number of halogens is 1. The van der Waals surface area contributed by atoms with Gasteiger partial charge in [-0.1, -0.05) is 80.0 Å². The molecule has 0 heterocycles. The van der Waals surface area contributed by atoms with Gasteiger partial charge < -0.3 is 15.0 Å². The Morgan fingerprint density at radius 1 is 0.914 bits per heavy atom. The summed E-state index contributed by atoms with van der Waals surface area (Å²) in [7, 11) is 1.61. The zero-order valence-electron chi connectivity index (χ0n) is 20.5. The molecular formula is C29H33ClN2O3. The maximum absolute atomic E-state index is 13.7. The maximum Gasteiger partial charge on any atom is 0.243 e. The van der Waals surface area contributed by atoms with Crippen LogP contribution in [0.25, 0.3) is 0 Å². The molecule has 3 aromatic carbocycles. The molecule has 1 unspecified atom stereocenters. The molecular weight excluding hydrogens is 460 g/mol. The van der Waals surface area contributed by atoms with E-state index in [2.05, 4.69) is 5.32 Å². The highest BCUT2D eigenvalue weighted by Crippen LogP contribution is 2.20. The quantitative estimate of drug-likeness (QED) is 0.395. The summed E-state index contributed by atoms with van der Waals surface area (Å²) in [6.07, 6.45) is 0.588. The van der Waals surface area contributed by atoms with Crippen molar-refractivity contribution in [3.8, 4) is 5.75 Å². The first kappa shape index (κ1) is 26.3. The van der Waals surface area contributed by atoms with Crippen LogP contribution < -0.4 is 10.1 Å². The second-order valence-corrected chi connectivity index (χ2v) is 9.46. The minimum atomic E-state index is -0.665. The molecule has 0 spiro atoms. The van der Waals surface area contributed by atoms with Crippen LogP contribution in [-0.4, -0.2) is 36.4 Å². The minimum absolute atomic E-state index is 0.129. The van der Waals surface area contributed by atoms with Gasteiger partial charge in [0.15, 0.2) is 0 Å². The molecule has 0 saturated carbocycles. The van der Waals surface area contributed by atoms with Crippen molar-refractivity contribution >= 4 is 23.4 Å². The predicted molar refractivity (Wildman–Crippen MR) is 140 cm³/mol. The van der Waals surface area contributed by atoms with E-state index in [1.54, 1.807) is 24.1 Å². The van der Waals surface area contributed by atoms with Gasteiger partial charge in [-0.25, -0.2) is 0 Å². The number of benzene rings is 3. The molecule has 0 saturated heterocycles. The van der Waals surface area contributed by atoms with E-state index in [9.17, 15) is 9.59 Å². The number of carbonyl (C=O) groups excluding carboxylic acids is 2. The highest BCUT2D eigenvalue weighted by Gasteiger charge is 2.30. The first-order valence-electron chi connectivity index (χ1n) is 11.8. The topological polar surface area (TPSA) is 58.6 Å². The third kappa shape index (κ3) is 8.15. The van der Waals surface area contributed by atoms with E-state index in [0.29, 0.717) is 29.7 Å². The molecule has 0 fully saturated rings. The fraction of sp³-hybridized carbons (Fsp3) is 0.310. The molecule has 6 heteroatoms. The number of nitrogens with zero attached hydrogens (tertiary/aromatic N) is 1. The van der Waals surface area contributed by atoms with Crippen LogP contribution in [0, 0.1) is 5.92 Å². The second-order valence-electron chi connectivity index (χ2n) is 9.02. The Hall–Kier alpha value is -3.31. The Labute approximate surface area is 213 Å². The summed E-state index contributed by atoms with van der Waals surface area (Å²) in [4.78, 5) is 28.9. The van der Waals surface area contributed by atoms with Gasteiger partial charge in [0, 0.05) is 24.5 Å². The van der Waals surface area contributed by atoms with Crippen LogP contribution in [0.5, 0.6) is 5.75 Å². The first-order chi connectivity index (χ1) is 16.9. The van der Waals surface area contributed by atoms with Crippen LogP contribution in [-0.2, 0) is 29.0 Å². The summed E-state index contributed by atoms with van der Waals surface area (Å²) in [6.45, 7) is 4.93. The van der Waals surface area contributed by atoms with E-state index >= 15 is 0 Å². The summed E-state index contributed by atoms with van der Waals surface area (Å²) in [5.41, 5.74) is 2.73. The van der Waals surface area contributed by atoms with Crippen molar-refractivity contribution in [2.24, 2.45) is 5.92 Å². The van der Waals surface area contributed by atoms with Gasteiger partial charge in [-0.2, -0.15) is 0 Å². The standard InChI is InChI=1S/C29H33ClN2O3/c1-21(2)19-31-29(34)27(17-22-8-5-4-6-9-22)32(20-24-10-7-11-26(16-24)35-3)28(33)18-23-12-14-25(30)15-13-23/h4-16,21,27H,17-20H2,1-3H3,(H,31,34). The number of ether oxygens (including phenoxy) is 1. The lowest BCUT2D eigenvalue weighted by atomic mass is 10.0. The van der Waals surface area contributed by atoms with Gasteiger partial charge >= 0.3 is 0 Å². The minimum Gasteiger partial charge on any atom is -0.497 e. The maximum atomic E-state index is 13.7. The molecule has 1 N–H and O–H groups in total. The molecule has 2 amide bonds. The van der Waals surface area contributed by atoms with Crippen LogP contribution in [0.15, 0.2) is 78.9 Å². The van der Waals surface area contributed by atoms with Gasteiger partial charge in [-0.15, -0.1) is 0 Å². The Morgan fingerprint density at radius 2 is 1.60 bits per heavy atom. The molecule has 0 aromatic heterocycles. The molecule has 0 radical (unpaired) electrons. The molecule has 0 aliphatic carbocycles. The van der Waals surface area contributed by atoms with Crippen molar-refractivity contribution in [3.05, 3.63) is 101 Å². The average molecular weight is 493 g/mol. The Morgan fingerprint density at radius 3 is 2.26 bits per heavy atom. The van der Waals surface area contributed by atoms with Gasteiger partial charge in [0.25, 0.3) is 0 Å². The fourth-order valence-electron chi connectivity index (χ4n) is 3.82. The third-order valence-corrected chi connectivity index (χ3v) is 5.96. The fourth-order valence-corrected chi connectivity index (χ4v) is 3.95. The zero-order chi connectivity index (χ0) is 25.2. The number of amides is 2. The van der Waals surface area contributed by atoms with Gasteiger partial charge in [-0.05, 0) is 46.9 Å². The Kier molecular flexibility index (Phi) is 9.74. The van der Waals surface area contributed by atoms with Crippen molar-refractivity contribution in [1.82, 2.24) is 10.2 Å². The molecule has 184 valence electrons. The summed E-state index contributed by atoms with van der Waals surface area (Å²) in [6, 6.07) is 23.9. The van der Waals surface area contributed by atoms with Crippen LogP contribution in [0.3, 0.4) is 0 Å². The molecule has 1 atom stereocenters. The molecule has 0 bridgehead atoms. The Balaban J connectivity index is 1.96. The highest BCUT2D eigenvalue weighted by atomic mass is 35.5. The molecule has 35 heavy (non-hydrogen) atoms. The first-order valence-corrected chi connectivity index (χ1v) is 12.2. The Bertz CT molecular complexity index is 1100. The largest absolute Gasteiger partial charge is 0.497 e. The average Bonchev–Trinajstić information content (AvgIpc) is 2.86. The summed E-state index contributed by atoms with van der Waals surface area (Å²) < 4.78 is 5.38. The number of methoxy groups -OCH3 is 1. The normalized spacial score (nSPS) is 11.7. The van der Waals surface area contributed by atoms with Crippen molar-refractivity contribution in [1.29, 1.82) is 0 Å². The second kappa shape index (κ2) is 13.0. The third-order valence-electron chi connectivity index (χ3n) is 5.71. The molecule has 0 aliphatic rings. The smallest absolute Gasteiger partial charge is 0.243 e. The van der Waals surface area contributed by atoms with Crippen LogP contribution in [0.2, 0.25) is 5.02 Å². The monoisotopic (exact) mass is 492 g/mol. The molecule has 3 aromatic rings. The lowest BCUT2D eigenvalue weighted by molar-refractivity contribution is -0.140. The van der Waals surface area contributed by atoms with Crippen molar-refractivity contribution in [3.63, 3.8) is 0 Å². The lowest BCUT2D eigenvalue weighted by Crippen LogP contribution is -2.51. The van der Waals surface area contributed by atoms with Gasteiger partial charge in [0.1, 0.15) is 11.8 Å².